The van der Waals surface area contributed by atoms with Crippen molar-refractivity contribution in [3.63, 3.8) is 0 Å². The number of carboxylic acid groups (broad SMARTS) is 1. The average Bonchev–Trinajstić information content (AvgIpc) is 3.00. The van der Waals surface area contributed by atoms with Crippen LogP contribution in [0.5, 0.6) is 0 Å². The molecule has 0 heterocycles. The van der Waals surface area contributed by atoms with Gasteiger partial charge >= 0.3 is 5.97 Å². The molecule has 41 heavy (non-hydrogen) atoms. The maximum absolute atomic E-state index is 11.3. The Morgan fingerprint density at radius 2 is 1.39 bits per heavy atom. The maximum atomic E-state index is 11.3. The van der Waals surface area contributed by atoms with Crippen molar-refractivity contribution in [2.45, 2.75) is 58.3 Å². The lowest BCUT2D eigenvalue weighted by molar-refractivity contribution is 0.0115. The van der Waals surface area contributed by atoms with Crippen LogP contribution < -0.4 is 0 Å². The third-order valence-electron chi connectivity index (χ3n) is 7.37. The molecule has 0 bridgehead atoms. The van der Waals surface area contributed by atoms with Crippen molar-refractivity contribution in [1.82, 2.24) is 4.90 Å². The molecule has 1 N–H and O–H groups in total. The predicted octanol–water partition coefficient (Wildman–Crippen LogP) is 8.77. The van der Waals surface area contributed by atoms with Crippen LogP contribution in [-0.4, -0.2) is 29.1 Å². The van der Waals surface area contributed by atoms with Crippen molar-refractivity contribution in [1.29, 1.82) is 0 Å². The quantitative estimate of drug-likeness (QED) is 0.137. The first kappa shape index (κ1) is 30.5. The lowest BCUT2D eigenvalue weighted by Crippen LogP contribution is -2.30. The Balaban J connectivity index is 1.43. The number of aromatic carboxylic acids is 1. The number of ether oxygens (including phenoxy) is 1. The summed E-state index contributed by atoms with van der Waals surface area (Å²) in [7, 11) is 0. The van der Waals surface area contributed by atoms with E-state index in [1.54, 1.807) is 12.1 Å². The van der Waals surface area contributed by atoms with Gasteiger partial charge in [-0.25, -0.2) is 4.79 Å². The smallest absolute Gasteiger partial charge is 0.335 e. The first-order chi connectivity index (χ1) is 20.0. The molecular weight excluding hydrogens is 530 g/mol. The molecule has 0 aliphatic carbocycles. The molecule has 0 radical (unpaired) electrons. The summed E-state index contributed by atoms with van der Waals surface area (Å²) in [5.41, 5.74) is 6.31. The summed E-state index contributed by atoms with van der Waals surface area (Å²) in [6.07, 6.45) is 5.32. The van der Waals surface area contributed by atoms with Crippen LogP contribution in [0.25, 0.3) is 0 Å². The lowest BCUT2D eigenvalue weighted by Gasteiger charge is -2.28. The molecule has 0 amide bonds. The molecule has 0 aliphatic rings. The normalized spacial score (nSPS) is 12.0. The van der Waals surface area contributed by atoms with Crippen molar-refractivity contribution in [2.24, 2.45) is 0 Å². The molecule has 5 heteroatoms. The van der Waals surface area contributed by atoms with Crippen LogP contribution in [0.1, 0.15) is 70.5 Å². The molecule has 1 atom stereocenters. The van der Waals surface area contributed by atoms with Crippen molar-refractivity contribution >= 4 is 17.6 Å². The monoisotopic (exact) mass is 569 g/mol. The number of carboxylic acids is 1. The minimum Gasteiger partial charge on any atom is -0.478 e. The number of aryl methyl sites for hydroxylation is 2. The van der Waals surface area contributed by atoms with Gasteiger partial charge in [-0.2, -0.15) is 0 Å². The van der Waals surface area contributed by atoms with Crippen molar-refractivity contribution in [2.75, 3.05) is 13.1 Å². The molecule has 214 valence electrons. The Morgan fingerprint density at radius 3 is 2.02 bits per heavy atom. The van der Waals surface area contributed by atoms with E-state index >= 15 is 0 Å². The van der Waals surface area contributed by atoms with Crippen LogP contribution in [0, 0.1) is 0 Å². The molecule has 4 rings (SSSR count). The number of hydrogen-bond donors (Lipinski definition) is 1. The number of benzene rings is 4. The summed E-state index contributed by atoms with van der Waals surface area (Å²) < 4.78 is 6.59. The summed E-state index contributed by atoms with van der Waals surface area (Å²) in [5, 5.41) is 9.98. The Morgan fingerprint density at radius 1 is 0.780 bits per heavy atom. The van der Waals surface area contributed by atoms with Crippen molar-refractivity contribution < 1.29 is 14.6 Å². The molecule has 0 saturated heterocycles. The van der Waals surface area contributed by atoms with Gasteiger partial charge in [0.05, 0.1) is 18.3 Å². The van der Waals surface area contributed by atoms with E-state index < -0.39 is 5.97 Å². The van der Waals surface area contributed by atoms with Crippen molar-refractivity contribution in [3.05, 3.63) is 142 Å². The lowest BCUT2D eigenvalue weighted by atomic mass is 10.0. The predicted molar refractivity (Wildman–Crippen MR) is 167 cm³/mol. The van der Waals surface area contributed by atoms with Gasteiger partial charge in [0, 0.05) is 18.1 Å². The first-order valence-electron chi connectivity index (χ1n) is 14.5. The number of unbranched alkanes of at least 4 members (excludes halogenated alkanes) is 2. The fraction of sp³-hybridized carbons (Fsp3) is 0.306. The maximum Gasteiger partial charge on any atom is 0.335 e. The second-order valence-corrected chi connectivity index (χ2v) is 11.0. The van der Waals surface area contributed by atoms with E-state index in [2.05, 4.69) is 66.4 Å². The number of nitrogens with zero attached hydrogens (tertiary/aromatic N) is 1. The molecule has 0 aromatic heterocycles. The fourth-order valence-electron chi connectivity index (χ4n) is 4.93. The van der Waals surface area contributed by atoms with Gasteiger partial charge in [0.1, 0.15) is 0 Å². The van der Waals surface area contributed by atoms with Crippen LogP contribution in [0.3, 0.4) is 0 Å². The number of hydrogen-bond acceptors (Lipinski definition) is 3. The van der Waals surface area contributed by atoms with Crippen LogP contribution in [0.4, 0.5) is 0 Å². The van der Waals surface area contributed by atoms with Gasteiger partial charge in [0.15, 0.2) is 0 Å². The highest BCUT2D eigenvalue weighted by atomic mass is 35.5. The second-order valence-electron chi connectivity index (χ2n) is 10.6. The third kappa shape index (κ3) is 10.2. The van der Waals surface area contributed by atoms with E-state index in [0.717, 1.165) is 68.4 Å². The van der Waals surface area contributed by atoms with E-state index in [1.807, 2.05) is 36.4 Å². The van der Waals surface area contributed by atoms with Crippen molar-refractivity contribution in [3.8, 4) is 0 Å². The highest BCUT2D eigenvalue weighted by molar-refractivity contribution is 6.30. The third-order valence-corrected chi connectivity index (χ3v) is 7.62. The fourth-order valence-corrected chi connectivity index (χ4v) is 5.06. The number of carbonyl (C=O) groups is 1. The number of rotatable bonds is 16. The van der Waals surface area contributed by atoms with Gasteiger partial charge < -0.3 is 9.84 Å². The summed E-state index contributed by atoms with van der Waals surface area (Å²) in [6.45, 7) is 5.12. The second kappa shape index (κ2) is 16.1. The van der Waals surface area contributed by atoms with Gasteiger partial charge in [-0.3, -0.25) is 4.90 Å². The summed E-state index contributed by atoms with van der Waals surface area (Å²) in [6, 6.07) is 34.4. The van der Waals surface area contributed by atoms with Crippen LogP contribution in [0.15, 0.2) is 103 Å². The molecule has 1 unspecified atom stereocenters. The largest absolute Gasteiger partial charge is 0.478 e. The topological polar surface area (TPSA) is 49.8 Å². The van der Waals surface area contributed by atoms with Crippen LogP contribution >= 0.6 is 11.6 Å². The SMILES string of the molecule is CCCCCN(Cc1ccc(C(=O)O)cc1)CC(OCc1ccc(CCc2ccccc2)cc1)c1ccc(Cl)cc1. The minimum absolute atomic E-state index is 0.134. The van der Waals surface area contributed by atoms with E-state index in [4.69, 9.17) is 16.3 Å². The minimum atomic E-state index is -0.906. The zero-order valence-corrected chi connectivity index (χ0v) is 24.6. The molecule has 0 saturated carbocycles. The highest BCUT2D eigenvalue weighted by Crippen LogP contribution is 2.24. The zero-order chi connectivity index (χ0) is 28.9. The Kier molecular flexibility index (Phi) is 12.0. The number of halogens is 1. The molecule has 0 fully saturated rings. The highest BCUT2D eigenvalue weighted by Gasteiger charge is 2.18. The molecule has 4 nitrogen and oxygen atoms in total. The average molecular weight is 570 g/mol. The van der Waals surface area contributed by atoms with Gasteiger partial charge in [-0.1, -0.05) is 110 Å². The summed E-state index contributed by atoms with van der Waals surface area (Å²) >= 11 is 6.21. The molecule has 4 aromatic carbocycles. The summed E-state index contributed by atoms with van der Waals surface area (Å²) in [5.74, 6) is -0.906. The van der Waals surface area contributed by atoms with E-state index in [9.17, 15) is 9.90 Å². The van der Waals surface area contributed by atoms with Crippen LogP contribution in [-0.2, 0) is 30.7 Å². The van der Waals surface area contributed by atoms with Gasteiger partial charge in [-0.05, 0) is 77.9 Å². The standard InChI is InChI=1S/C36H40ClNO3/c1-2-3-7-24-38(25-30-16-18-33(19-17-30)36(39)40)26-35(32-20-22-34(37)23-21-32)41-27-31-14-12-29(13-15-31)11-10-28-8-5-4-6-9-28/h4-6,8-9,12-23,35H,2-3,7,10-11,24-27H2,1H3,(H,39,40). The Bertz CT molecular complexity index is 1320. The Hall–Kier alpha value is -3.44. The first-order valence-corrected chi connectivity index (χ1v) is 14.9. The zero-order valence-electron chi connectivity index (χ0n) is 23.8. The molecule has 0 spiro atoms. The van der Waals surface area contributed by atoms with E-state index in [1.165, 1.54) is 11.1 Å². The Labute approximate surface area is 249 Å². The van der Waals surface area contributed by atoms with Crippen LogP contribution in [0.2, 0.25) is 5.02 Å². The summed E-state index contributed by atoms with van der Waals surface area (Å²) in [4.78, 5) is 13.7. The molecular formula is C36H40ClNO3. The van der Waals surface area contributed by atoms with E-state index in [-0.39, 0.29) is 6.10 Å². The molecule has 4 aromatic rings. The van der Waals surface area contributed by atoms with Gasteiger partial charge in [0.25, 0.3) is 0 Å². The van der Waals surface area contributed by atoms with Gasteiger partial charge in [0.2, 0.25) is 0 Å². The van der Waals surface area contributed by atoms with E-state index in [0.29, 0.717) is 17.2 Å². The van der Waals surface area contributed by atoms with Gasteiger partial charge in [-0.15, -0.1) is 0 Å². The molecule has 0 aliphatic heterocycles.